The number of ether oxygens (including phenoxy) is 2. The van der Waals surface area contributed by atoms with Crippen molar-refractivity contribution in [3.05, 3.63) is 0 Å². The predicted octanol–water partition coefficient (Wildman–Crippen LogP) is 9.58. The van der Waals surface area contributed by atoms with Crippen LogP contribution in [0.25, 0.3) is 0 Å². The molecule has 0 bridgehead atoms. The Hall–Kier alpha value is -1.55. The van der Waals surface area contributed by atoms with Gasteiger partial charge in [-0.1, -0.05) is 111 Å². The van der Waals surface area contributed by atoms with Crippen molar-refractivity contribution >= 4 is 11.9 Å². The van der Waals surface area contributed by atoms with E-state index in [4.69, 9.17) is 4.74 Å². The Morgan fingerprint density at radius 1 is 0.538 bits per heavy atom. The van der Waals surface area contributed by atoms with Crippen molar-refractivity contribution in [1.29, 1.82) is 0 Å². The molecule has 0 fully saturated rings. The van der Waals surface area contributed by atoms with Crippen LogP contribution >= 0.6 is 0 Å². The molecular formula is C28H47F7O4. The van der Waals surface area contributed by atoms with E-state index in [0.29, 0.717) is 6.42 Å². The fraction of sp³-hybridized carbons (Fsp3) is 0.929. The summed E-state index contributed by atoms with van der Waals surface area (Å²) < 4.78 is 99.3. The van der Waals surface area contributed by atoms with Crippen LogP contribution in [0.1, 0.15) is 130 Å². The van der Waals surface area contributed by atoms with Crippen LogP contribution in [0.2, 0.25) is 0 Å². The van der Waals surface area contributed by atoms with Crippen LogP contribution in [-0.2, 0) is 19.1 Å². The molecule has 0 aliphatic rings. The SMILES string of the molecule is CCCCCCCCCCCCCCCCCOC(=O)C(CC)(CC)C(=O)OCC(F)(F)C(F)(F)C(F)(F)F. The normalized spacial score (nSPS) is 13.0. The van der Waals surface area contributed by atoms with E-state index in [1.54, 1.807) is 0 Å². The molecule has 0 saturated heterocycles. The van der Waals surface area contributed by atoms with Crippen molar-refractivity contribution in [2.75, 3.05) is 13.2 Å². The number of carbonyl (C=O) groups is 2. The van der Waals surface area contributed by atoms with Crippen molar-refractivity contribution in [1.82, 2.24) is 0 Å². The smallest absolute Gasteiger partial charge is 0.460 e. The fourth-order valence-electron chi connectivity index (χ4n) is 4.28. The highest BCUT2D eigenvalue weighted by Gasteiger charge is 2.73. The van der Waals surface area contributed by atoms with Crippen molar-refractivity contribution < 1.29 is 49.8 Å². The predicted molar refractivity (Wildman–Crippen MR) is 136 cm³/mol. The van der Waals surface area contributed by atoms with Crippen LogP contribution in [0.4, 0.5) is 30.7 Å². The zero-order chi connectivity index (χ0) is 30.0. The molecule has 0 rings (SSSR count). The van der Waals surface area contributed by atoms with Crippen LogP contribution in [0.15, 0.2) is 0 Å². The van der Waals surface area contributed by atoms with Gasteiger partial charge in [0.2, 0.25) is 0 Å². The Labute approximate surface area is 228 Å². The molecule has 0 unspecified atom stereocenters. The van der Waals surface area contributed by atoms with E-state index < -0.39 is 42.0 Å². The first-order chi connectivity index (χ1) is 18.2. The van der Waals surface area contributed by atoms with E-state index in [1.165, 1.54) is 78.1 Å². The second kappa shape index (κ2) is 18.7. The standard InChI is InChI=1S/C28H47F7O4/c1-4-7-8-9-10-11-12-13-14-15-16-17-18-19-20-21-38-23(36)25(5-2,6-3)24(37)39-22-26(29,30)27(31,32)28(33,34)35/h4-22H2,1-3H3. The van der Waals surface area contributed by atoms with Gasteiger partial charge in [-0.2, -0.15) is 30.7 Å². The van der Waals surface area contributed by atoms with Crippen LogP contribution < -0.4 is 0 Å². The third kappa shape index (κ3) is 12.7. The van der Waals surface area contributed by atoms with Gasteiger partial charge in [-0.15, -0.1) is 0 Å². The van der Waals surface area contributed by atoms with Gasteiger partial charge >= 0.3 is 30.0 Å². The first-order valence-electron chi connectivity index (χ1n) is 14.4. The van der Waals surface area contributed by atoms with Crippen molar-refractivity contribution in [2.24, 2.45) is 5.41 Å². The topological polar surface area (TPSA) is 52.6 Å². The summed E-state index contributed by atoms with van der Waals surface area (Å²) in [6.07, 6.45) is 10.1. The summed E-state index contributed by atoms with van der Waals surface area (Å²) in [6.45, 7) is 2.38. The minimum Gasteiger partial charge on any atom is -0.465 e. The number of esters is 2. The Balaban J connectivity index is 4.28. The third-order valence-electron chi connectivity index (χ3n) is 7.17. The number of halogens is 7. The molecule has 0 radical (unpaired) electrons. The summed E-state index contributed by atoms with van der Waals surface area (Å²) >= 11 is 0. The van der Waals surface area contributed by atoms with Gasteiger partial charge in [-0.05, 0) is 19.3 Å². The molecule has 0 aromatic heterocycles. The summed E-state index contributed by atoms with van der Waals surface area (Å²) in [7, 11) is 0. The van der Waals surface area contributed by atoms with E-state index >= 15 is 0 Å². The zero-order valence-corrected chi connectivity index (χ0v) is 23.7. The number of unbranched alkanes of at least 4 members (excludes halogenated alkanes) is 14. The van der Waals surface area contributed by atoms with Crippen LogP contribution in [-0.4, -0.2) is 43.2 Å². The fourth-order valence-corrected chi connectivity index (χ4v) is 4.28. The summed E-state index contributed by atoms with van der Waals surface area (Å²) in [6, 6.07) is 0. The largest absolute Gasteiger partial charge is 0.465 e. The Morgan fingerprint density at radius 2 is 0.897 bits per heavy atom. The molecular weight excluding hydrogens is 533 g/mol. The summed E-state index contributed by atoms with van der Waals surface area (Å²) in [5.41, 5.74) is -2.07. The number of hydrogen-bond acceptors (Lipinski definition) is 4. The van der Waals surface area contributed by atoms with Crippen molar-refractivity contribution in [2.45, 2.75) is 148 Å². The lowest BCUT2D eigenvalue weighted by molar-refractivity contribution is -0.360. The second-order valence-electron chi connectivity index (χ2n) is 10.2. The van der Waals surface area contributed by atoms with E-state index in [0.717, 1.165) is 25.7 Å². The average Bonchev–Trinajstić information content (AvgIpc) is 2.87. The van der Waals surface area contributed by atoms with Gasteiger partial charge < -0.3 is 9.47 Å². The van der Waals surface area contributed by atoms with Crippen LogP contribution in [0.3, 0.4) is 0 Å². The Morgan fingerprint density at radius 3 is 1.26 bits per heavy atom. The minimum atomic E-state index is -6.54. The summed E-state index contributed by atoms with van der Waals surface area (Å²) in [5, 5.41) is 0. The summed E-state index contributed by atoms with van der Waals surface area (Å²) in [5.74, 6) is -14.8. The molecule has 0 aromatic carbocycles. The molecule has 0 saturated carbocycles. The highest BCUT2D eigenvalue weighted by molar-refractivity contribution is 6.00. The molecule has 0 aliphatic heterocycles. The van der Waals surface area contributed by atoms with Crippen LogP contribution in [0, 0.1) is 5.41 Å². The number of alkyl halides is 7. The van der Waals surface area contributed by atoms with Gasteiger partial charge in [0.15, 0.2) is 12.0 Å². The molecule has 39 heavy (non-hydrogen) atoms. The van der Waals surface area contributed by atoms with Crippen LogP contribution in [0.5, 0.6) is 0 Å². The van der Waals surface area contributed by atoms with Gasteiger partial charge in [-0.3, -0.25) is 9.59 Å². The molecule has 232 valence electrons. The quantitative estimate of drug-likeness (QED) is 0.0523. The third-order valence-corrected chi connectivity index (χ3v) is 7.17. The lowest BCUT2D eigenvalue weighted by atomic mass is 9.82. The first-order valence-corrected chi connectivity index (χ1v) is 14.4. The van der Waals surface area contributed by atoms with E-state index in [2.05, 4.69) is 11.7 Å². The Kier molecular flexibility index (Phi) is 18.0. The van der Waals surface area contributed by atoms with E-state index in [1.807, 2.05) is 0 Å². The molecule has 0 atom stereocenters. The number of carbonyl (C=O) groups excluding carboxylic acids is 2. The lowest BCUT2D eigenvalue weighted by Crippen LogP contribution is -2.55. The molecule has 0 aromatic rings. The summed E-state index contributed by atoms with van der Waals surface area (Å²) in [4.78, 5) is 24.9. The molecule has 4 nitrogen and oxygen atoms in total. The molecule has 0 heterocycles. The van der Waals surface area contributed by atoms with Gasteiger partial charge in [0.25, 0.3) is 0 Å². The number of rotatable bonds is 23. The maximum atomic E-state index is 13.5. The highest BCUT2D eigenvalue weighted by Crippen LogP contribution is 2.46. The van der Waals surface area contributed by atoms with Crippen molar-refractivity contribution in [3.8, 4) is 0 Å². The minimum absolute atomic E-state index is 0.0333. The van der Waals surface area contributed by atoms with Gasteiger partial charge in [0.05, 0.1) is 6.61 Å². The first kappa shape index (κ1) is 37.5. The maximum Gasteiger partial charge on any atom is 0.460 e. The average molecular weight is 581 g/mol. The highest BCUT2D eigenvalue weighted by atomic mass is 19.4. The zero-order valence-electron chi connectivity index (χ0n) is 23.7. The van der Waals surface area contributed by atoms with Gasteiger partial charge in [0, 0.05) is 0 Å². The molecule has 0 spiro atoms. The van der Waals surface area contributed by atoms with Gasteiger partial charge in [-0.25, -0.2) is 0 Å². The van der Waals surface area contributed by atoms with E-state index in [9.17, 15) is 40.3 Å². The molecule has 0 aliphatic carbocycles. The molecule has 11 heteroatoms. The monoisotopic (exact) mass is 580 g/mol. The van der Waals surface area contributed by atoms with Gasteiger partial charge in [0.1, 0.15) is 0 Å². The number of hydrogen-bond donors (Lipinski definition) is 0. The Bertz CT molecular complexity index is 677. The molecule has 0 N–H and O–H groups in total. The molecule has 0 amide bonds. The lowest BCUT2D eigenvalue weighted by Gasteiger charge is -2.30. The van der Waals surface area contributed by atoms with E-state index in [-0.39, 0.29) is 19.4 Å². The second-order valence-corrected chi connectivity index (χ2v) is 10.2. The maximum absolute atomic E-state index is 13.5. The van der Waals surface area contributed by atoms with Crippen molar-refractivity contribution in [3.63, 3.8) is 0 Å².